The molecule has 3 atom stereocenters. The van der Waals surface area contributed by atoms with Crippen LogP contribution in [0.2, 0.25) is 0 Å². The lowest BCUT2D eigenvalue weighted by Gasteiger charge is -2.45. The number of hydrogen-bond donors (Lipinski definition) is 1. The predicted octanol–water partition coefficient (Wildman–Crippen LogP) is 2.30. The second-order valence-corrected chi connectivity index (χ2v) is 7.79. The van der Waals surface area contributed by atoms with E-state index in [0.717, 1.165) is 25.3 Å². The third-order valence-electron chi connectivity index (χ3n) is 6.07. The molecule has 1 saturated carbocycles. The Hall–Kier alpha value is -2.11. The van der Waals surface area contributed by atoms with E-state index in [9.17, 15) is 9.59 Å². The molecular weight excluding hydrogens is 316 g/mol. The van der Waals surface area contributed by atoms with Gasteiger partial charge < -0.3 is 4.90 Å². The summed E-state index contributed by atoms with van der Waals surface area (Å²) < 4.78 is 1.41. The van der Waals surface area contributed by atoms with Crippen molar-refractivity contribution in [2.45, 2.75) is 58.4 Å². The summed E-state index contributed by atoms with van der Waals surface area (Å²) in [6, 6.07) is 2.13. The number of amides is 1. The molecule has 2 aliphatic rings. The molecule has 0 radical (unpaired) electrons. The van der Waals surface area contributed by atoms with Gasteiger partial charge in [-0.2, -0.15) is 0 Å². The van der Waals surface area contributed by atoms with E-state index in [1.807, 2.05) is 6.92 Å². The quantitative estimate of drug-likeness (QED) is 0.910. The van der Waals surface area contributed by atoms with Gasteiger partial charge in [-0.05, 0) is 50.9 Å². The largest absolute Gasteiger partial charge is 0.339 e. The molecule has 0 bridgehead atoms. The zero-order chi connectivity index (χ0) is 17.6. The van der Waals surface area contributed by atoms with E-state index in [1.165, 1.54) is 23.8 Å². The number of nitrogens with zero attached hydrogens (tertiary/aromatic N) is 3. The molecule has 4 rings (SSSR count). The van der Waals surface area contributed by atoms with Crippen molar-refractivity contribution >= 4 is 11.6 Å². The van der Waals surface area contributed by atoms with Crippen molar-refractivity contribution in [1.29, 1.82) is 0 Å². The number of carbonyl (C=O) groups excluding carboxylic acids is 1. The normalized spacial score (nSPS) is 26.6. The molecule has 2 aromatic rings. The summed E-state index contributed by atoms with van der Waals surface area (Å²) in [5.41, 5.74) is 1.60. The number of fused-ring (bicyclic) bond motifs is 2. The van der Waals surface area contributed by atoms with Gasteiger partial charge in [-0.3, -0.25) is 14.7 Å². The highest BCUT2D eigenvalue weighted by Gasteiger charge is 2.37. The number of aromatic nitrogens is 3. The van der Waals surface area contributed by atoms with Gasteiger partial charge in [-0.1, -0.05) is 6.92 Å². The highest BCUT2D eigenvalue weighted by Crippen LogP contribution is 2.38. The van der Waals surface area contributed by atoms with Crippen LogP contribution in [0.4, 0.5) is 0 Å². The molecule has 25 heavy (non-hydrogen) atoms. The van der Waals surface area contributed by atoms with E-state index in [2.05, 4.69) is 21.9 Å². The zero-order valence-electron chi connectivity index (χ0n) is 15.0. The first-order valence-corrected chi connectivity index (χ1v) is 9.39. The van der Waals surface area contributed by atoms with Crippen LogP contribution in [-0.4, -0.2) is 38.0 Å². The molecule has 0 aromatic carbocycles. The zero-order valence-corrected chi connectivity index (χ0v) is 15.0. The molecule has 2 aromatic heterocycles. The van der Waals surface area contributed by atoms with E-state index < -0.39 is 0 Å². The summed E-state index contributed by atoms with van der Waals surface area (Å²) in [6.45, 7) is 4.96. The van der Waals surface area contributed by atoms with Gasteiger partial charge in [0.2, 0.25) is 5.91 Å². The highest BCUT2D eigenvalue weighted by molar-refractivity contribution is 5.79. The van der Waals surface area contributed by atoms with Gasteiger partial charge in [0.25, 0.3) is 5.56 Å². The second kappa shape index (κ2) is 6.32. The first kappa shape index (κ1) is 16.4. The molecule has 0 spiro atoms. The third kappa shape index (κ3) is 2.87. The molecule has 3 heterocycles. The number of nitrogens with one attached hydrogen (secondary N) is 1. The summed E-state index contributed by atoms with van der Waals surface area (Å²) in [4.78, 5) is 32.2. The predicted molar refractivity (Wildman–Crippen MR) is 95.5 cm³/mol. The van der Waals surface area contributed by atoms with E-state index in [0.29, 0.717) is 28.9 Å². The van der Waals surface area contributed by atoms with Gasteiger partial charge in [0.1, 0.15) is 0 Å². The Morgan fingerprint density at radius 3 is 3.04 bits per heavy atom. The number of piperidine rings is 1. The van der Waals surface area contributed by atoms with Crippen LogP contribution >= 0.6 is 0 Å². The van der Waals surface area contributed by atoms with Crippen LogP contribution in [0.1, 0.15) is 50.3 Å². The Bertz CT molecular complexity index is 853. The Labute approximate surface area is 147 Å². The topological polar surface area (TPSA) is 70.5 Å². The Morgan fingerprint density at radius 2 is 2.20 bits per heavy atom. The van der Waals surface area contributed by atoms with E-state index in [1.54, 1.807) is 12.3 Å². The van der Waals surface area contributed by atoms with E-state index in [4.69, 9.17) is 0 Å². The van der Waals surface area contributed by atoms with Crippen LogP contribution in [0.5, 0.6) is 0 Å². The van der Waals surface area contributed by atoms with Crippen LogP contribution in [0, 0.1) is 18.8 Å². The maximum absolute atomic E-state index is 13.0. The minimum absolute atomic E-state index is 0.0813. The van der Waals surface area contributed by atoms with Crippen LogP contribution < -0.4 is 5.56 Å². The van der Waals surface area contributed by atoms with Gasteiger partial charge >= 0.3 is 0 Å². The maximum atomic E-state index is 13.0. The van der Waals surface area contributed by atoms with Gasteiger partial charge in [-0.25, -0.2) is 9.50 Å². The van der Waals surface area contributed by atoms with Gasteiger partial charge in [0, 0.05) is 36.1 Å². The summed E-state index contributed by atoms with van der Waals surface area (Å²) in [5, 5.41) is 2.88. The minimum Gasteiger partial charge on any atom is -0.339 e. The Kier molecular flexibility index (Phi) is 4.13. The summed E-state index contributed by atoms with van der Waals surface area (Å²) in [5.74, 6) is 1.48. The van der Waals surface area contributed by atoms with Crippen LogP contribution in [-0.2, 0) is 11.2 Å². The van der Waals surface area contributed by atoms with Gasteiger partial charge in [0.05, 0.1) is 6.42 Å². The fourth-order valence-electron chi connectivity index (χ4n) is 4.76. The second-order valence-electron chi connectivity index (χ2n) is 7.79. The fraction of sp³-hybridized carbons (Fsp3) is 0.632. The Morgan fingerprint density at radius 1 is 1.36 bits per heavy atom. The first-order valence-electron chi connectivity index (χ1n) is 9.39. The van der Waals surface area contributed by atoms with E-state index >= 15 is 0 Å². The van der Waals surface area contributed by atoms with Crippen molar-refractivity contribution in [1.82, 2.24) is 19.5 Å². The molecule has 1 aliphatic heterocycles. The molecular formula is C19H26N4O2. The van der Waals surface area contributed by atoms with Crippen LogP contribution in [0.15, 0.2) is 17.1 Å². The van der Waals surface area contributed by atoms with Crippen molar-refractivity contribution in [3.63, 3.8) is 0 Å². The summed E-state index contributed by atoms with van der Waals surface area (Å²) in [6.07, 6.45) is 7.67. The lowest BCUT2D eigenvalue weighted by molar-refractivity contribution is -0.137. The van der Waals surface area contributed by atoms with Gasteiger partial charge in [-0.15, -0.1) is 0 Å². The van der Waals surface area contributed by atoms with Crippen molar-refractivity contribution < 1.29 is 4.79 Å². The SMILES string of the molecule is Cc1nc2cc[nH]n2c(=O)c1CC(=O)N1CCCC2CC(C)CCC21. The van der Waals surface area contributed by atoms with Crippen LogP contribution in [0.25, 0.3) is 5.65 Å². The lowest BCUT2D eigenvalue weighted by Crippen LogP contribution is -2.51. The third-order valence-corrected chi connectivity index (χ3v) is 6.07. The number of H-pyrrole nitrogens is 1. The summed E-state index contributed by atoms with van der Waals surface area (Å²) in [7, 11) is 0. The lowest BCUT2D eigenvalue weighted by atomic mass is 9.74. The number of carbonyl (C=O) groups is 1. The Balaban J connectivity index is 1.58. The minimum atomic E-state index is -0.160. The highest BCUT2D eigenvalue weighted by atomic mass is 16.2. The molecule has 3 unspecified atom stereocenters. The van der Waals surface area contributed by atoms with Crippen molar-refractivity contribution in [3.05, 3.63) is 33.9 Å². The number of aryl methyl sites for hydroxylation is 1. The van der Waals surface area contributed by atoms with Crippen molar-refractivity contribution in [3.8, 4) is 0 Å². The van der Waals surface area contributed by atoms with Crippen LogP contribution in [0.3, 0.4) is 0 Å². The number of rotatable bonds is 2. The molecule has 2 fully saturated rings. The van der Waals surface area contributed by atoms with Crippen molar-refractivity contribution in [2.24, 2.45) is 11.8 Å². The first-order chi connectivity index (χ1) is 12.0. The van der Waals surface area contributed by atoms with E-state index in [-0.39, 0.29) is 17.9 Å². The van der Waals surface area contributed by atoms with Crippen molar-refractivity contribution in [2.75, 3.05) is 6.54 Å². The standard InChI is InChI=1S/C19H26N4O2/c1-12-5-6-16-14(10-12)4-3-9-22(16)18(24)11-15-13(2)21-17-7-8-20-23(17)19(15)25/h7-8,12,14,16,20H,3-6,9-11H2,1-2H3. The molecule has 1 saturated heterocycles. The maximum Gasteiger partial charge on any atom is 0.276 e. The monoisotopic (exact) mass is 342 g/mol. The summed E-state index contributed by atoms with van der Waals surface area (Å²) >= 11 is 0. The fourth-order valence-corrected chi connectivity index (χ4v) is 4.76. The average Bonchev–Trinajstić information content (AvgIpc) is 3.06. The molecule has 134 valence electrons. The smallest absolute Gasteiger partial charge is 0.276 e. The molecule has 1 aliphatic carbocycles. The average molecular weight is 342 g/mol. The number of hydrogen-bond acceptors (Lipinski definition) is 3. The molecule has 6 heteroatoms. The molecule has 6 nitrogen and oxygen atoms in total. The molecule has 1 amide bonds. The van der Waals surface area contributed by atoms with Gasteiger partial charge in [0.15, 0.2) is 5.65 Å². The number of aromatic amines is 1. The number of likely N-dealkylation sites (tertiary alicyclic amines) is 1. The molecule has 1 N–H and O–H groups in total.